The third-order valence-corrected chi connectivity index (χ3v) is 5.09. The van der Waals surface area contributed by atoms with Gasteiger partial charge in [-0.05, 0) is 68.8 Å². The number of allylic oxidation sites excluding steroid dienone is 5. The first-order valence-electron chi connectivity index (χ1n) is 8.24. The van der Waals surface area contributed by atoms with Gasteiger partial charge < -0.3 is 0 Å². The van der Waals surface area contributed by atoms with Gasteiger partial charge in [-0.15, -0.1) is 0 Å². The van der Waals surface area contributed by atoms with E-state index >= 15 is 0 Å². The molecule has 0 aliphatic rings. The van der Waals surface area contributed by atoms with Crippen molar-refractivity contribution in [3.8, 4) is 0 Å². The van der Waals surface area contributed by atoms with Gasteiger partial charge in [-0.25, -0.2) is 0 Å². The van der Waals surface area contributed by atoms with Crippen LogP contribution in [0.15, 0.2) is 64.8 Å². The van der Waals surface area contributed by atoms with Crippen LogP contribution in [0.1, 0.15) is 57.9 Å². The van der Waals surface area contributed by atoms with E-state index in [1.807, 2.05) is 6.08 Å². The van der Waals surface area contributed by atoms with Crippen LogP contribution in [0.5, 0.6) is 0 Å². The van der Waals surface area contributed by atoms with Crippen LogP contribution in [0.4, 0.5) is 0 Å². The Kier molecular flexibility index (Phi) is 8.77. The highest BCUT2D eigenvalue weighted by atomic mass is 127. The zero-order valence-corrected chi connectivity index (χ0v) is 16.3. The molecule has 0 saturated heterocycles. The first-order valence-corrected chi connectivity index (χ1v) is 9.32. The molecule has 0 nitrogen and oxygen atoms in total. The topological polar surface area (TPSA) is 0 Å². The van der Waals surface area contributed by atoms with Gasteiger partial charge >= 0.3 is 0 Å². The van der Waals surface area contributed by atoms with Crippen molar-refractivity contribution in [2.45, 2.75) is 52.4 Å². The summed E-state index contributed by atoms with van der Waals surface area (Å²) in [5, 5.41) is 0. The third kappa shape index (κ3) is 6.51. The van der Waals surface area contributed by atoms with Gasteiger partial charge in [-0.2, -0.15) is 0 Å². The number of hydrogen-bond acceptors (Lipinski definition) is 0. The molecule has 120 valence electrons. The normalized spacial score (nSPS) is 16.5. The van der Waals surface area contributed by atoms with Crippen molar-refractivity contribution >= 4 is 22.6 Å². The summed E-state index contributed by atoms with van der Waals surface area (Å²) in [6.45, 7) is 10.7. The SMILES string of the molecule is C=C/C=C(/I)CC(C[C@](C)(/C=C\CC)CC)c1ccccc1. The molecule has 0 saturated carbocycles. The van der Waals surface area contributed by atoms with Crippen molar-refractivity contribution in [1.82, 2.24) is 0 Å². The molecule has 0 aliphatic heterocycles. The first kappa shape index (κ1) is 19.2. The third-order valence-electron chi connectivity index (χ3n) is 4.29. The summed E-state index contributed by atoms with van der Waals surface area (Å²) in [6.07, 6.45) is 13.3. The van der Waals surface area contributed by atoms with Crippen molar-refractivity contribution < 1.29 is 0 Å². The fourth-order valence-corrected chi connectivity index (χ4v) is 3.55. The minimum absolute atomic E-state index is 0.265. The molecule has 0 spiro atoms. The molecule has 1 heteroatoms. The Morgan fingerprint density at radius 1 is 1.27 bits per heavy atom. The van der Waals surface area contributed by atoms with Gasteiger partial charge in [0.1, 0.15) is 0 Å². The molecule has 0 N–H and O–H groups in total. The van der Waals surface area contributed by atoms with Gasteiger partial charge in [0.25, 0.3) is 0 Å². The van der Waals surface area contributed by atoms with Crippen LogP contribution in [-0.4, -0.2) is 0 Å². The van der Waals surface area contributed by atoms with E-state index in [1.54, 1.807) is 0 Å². The molecule has 0 radical (unpaired) electrons. The quantitative estimate of drug-likeness (QED) is 0.226. The van der Waals surface area contributed by atoms with Gasteiger partial charge in [0.15, 0.2) is 0 Å². The molecule has 1 aromatic rings. The second-order valence-corrected chi connectivity index (χ2v) is 7.57. The monoisotopic (exact) mass is 408 g/mol. The average Bonchev–Trinajstić information content (AvgIpc) is 2.53. The van der Waals surface area contributed by atoms with Crippen molar-refractivity contribution in [2.24, 2.45) is 5.41 Å². The summed E-state index contributed by atoms with van der Waals surface area (Å²) in [6, 6.07) is 10.9. The van der Waals surface area contributed by atoms with Crippen LogP contribution in [0.25, 0.3) is 0 Å². The maximum absolute atomic E-state index is 3.82. The molecule has 0 bridgehead atoms. The van der Waals surface area contributed by atoms with Crippen molar-refractivity contribution in [1.29, 1.82) is 0 Å². The lowest BCUT2D eigenvalue weighted by Crippen LogP contribution is -2.17. The van der Waals surface area contributed by atoms with E-state index in [1.165, 1.54) is 22.0 Å². The second kappa shape index (κ2) is 10.0. The highest BCUT2D eigenvalue weighted by Gasteiger charge is 2.25. The summed E-state index contributed by atoms with van der Waals surface area (Å²) in [5.74, 6) is 0.552. The Morgan fingerprint density at radius 3 is 2.50 bits per heavy atom. The first-order chi connectivity index (χ1) is 10.5. The highest BCUT2D eigenvalue weighted by Crippen LogP contribution is 2.40. The lowest BCUT2D eigenvalue weighted by Gasteiger charge is -2.30. The number of rotatable bonds is 9. The zero-order valence-electron chi connectivity index (χ0n) is 14.2. The number of hydrogen-bond donors (Lipinski definition) is 0. The smallest absolute Gasteiger partial charge is 0.00882 e. The molecule has 0 heterocycles. The Hall–Kier alpha value is -0.830. The fourth-order valence-electron chi connectivity index (χ4n) is 2.76. The predicted octanol–water partition coefficient (Wildman–Crippen LogP) is 7.44. The zero-order chi connectivity index (χ0) is 16.4. The summed E-state index contributed by atoms with van der Waals surface area (Å²) in [4.78, 5) is 0. The van der Waals surface area contributed by atoms with Crippen LogP contribution in [0, 0.1) is 5.41 Å². The number of halogens is 1. The molecule has 1 unspecified atom stereocenters. The molecule has 0 aromatic heterocycles. The van der Waals surface area contributed by atoms with Crippen LogP contribution in [-0.2, 0) is 0 Å². The largest absolute Gasteiger partial charge is 0.0990 e. The summed E-state index contributed by atoms with van der Waals surface area (Å²) in [5.41, 5.74) is 1.71. The molecule has 0 aliphatic carbocycles. The second-order valence-electron chi connectivity index (χ2n) is 6.18. The van der Waals surface area contributed by atoms with E-state index in [2.05, 4.69) is 98.5 Å². The predicted molar refractivity (Wildman–Crippen MR) is 109 cm³/mol. The van der Waals surface area contributed by atoms with E-state index in [0.29, 0.717) is 5.92 Å². The molecule has 0 fully saturated rings. The van der Waals surface area contributed by atoms with Gasteiger partial charge in [-0.1, -0.05) is 82.0 Å². The molecular formula is C21H29I. The van der Waals surface area contributed by atoms with Gasteiger partial charge in [-0.3, -0.25) is 0 Å². The average molecular weight is 408 g/mol. The van der Waals surface area contributed by atoms with Gasteiger partial charge in [0.05, 0.1) is 0 Å². The molecule has 0 amide bonds. The molecule has 1 aromatic carbocycles. The van der Waals surface area contributed by atoms with E-state index in [4.69, 9.17) is 0 Å². The molecule has 2 atom stereocenters. The van der Waals surface area contributed by atoms with E-state index in [-0.39, 0.29) is 5.41 Å². The van der Waals surface area contributed by atoms with Crippen LogP contribution < -0.4 is 0 Å². The fraction of sp³-hybridized carbons (Fsp3) is 0.429. The van der Waals surface area contributed by atoms with Crippen LogP contribution in [0.3, 0.4) is 0 Å². The van der Waals surface area contributed by atoms with Crippen molar-refractivity contribution in [2.75, 3.05) is 0 Å². The van der Waals surface area contributed by atoms with E-state index in [0.717, 1.165) is 12.8 Å². The minimum atomic E-state index is 0.265. The summed E-state index contributed by atoms with van der Waals surface area (Å²) < 4.78 is 1.37. The maximum Gasteiger partial charge on any atom is -0.00882 e. The van der Waals surface area contributed by atoms with Crippen molar-refractivity contribution in [3.63, 3.8) is 0 Å². The summed E-state index contributed by atoms with van der Waals surface area (Å²) >= 11 is 2.45. The van der Waals surface area contributed by atoms with Gasteiger partial charge in [0, 0.05) is 0 Å². The summed E-state index contributed by atoms with van der Waals surface area (Å²) in [7, 11) is 0. The van der Waals surface area contributed by atoms with E-state index in [9.17, 15) is 0 Å². The van der Waals surface area contributed by atoms with Crippen LogP contribution >= 0.6 is 22.6 Å². The molecule has 22 heavy (non-hydrogen) atoms. The standard InChI is InChI=1S/C21H29I/c1-5-8-15-21(4,7-3)17-19(16-20(22)12-6-2)18-13-10-9-11-14-18/h6,8-15,19H,2,5,7,16-17H2,1,3-4H3/b15-8-,20-12+/t19?,21-/m0/s1. The Labute approximate surface area is 150 Å². The lowest BCUT2D eigenvalue weighted by atomic mass is 9.75. The number of benzene rings is 1. The minimum Gasteiger partial charge on any atom is -0.0990 e. The molecular weight excluding hydrogens is 379 g/mol. The molecule has 1 rings (SSSR count). The highest BCUT2D eigenvalue weighted by molar-refractivity contribution is 14.1. The van der Waals surface area contributed by atoms with Gasteiger partial charge in [0.2, 0.25) is 0 Å². The Bertz CT molecular complexity index is 498. The Balaban J connectivity index is 3.02. The van der Waals surface area contributed by atoms with Crippen LogP contribution in [0.2, 0.25) is 0 Å². The lowest BCUT2D eigenvalue weighted by molar-refractivity contribution is 0.340. The van der Waals surface area contributed by atoms with E-state index < -0.39 is 0 Å². The maximum atomic E-state index is 3.82. The Morgan fingerprint density at radius 2 is 1.95 bits per heavy atom. The van der Waals surface area contributed by atoms with Crippen molar-refractivity contribution in [3.05, 3.63) is 70.4 Å².